The van der Waals surface area contributed by atoms with Crippen molar-refractivity contribution in [3.8, 4) is 11.4 Å². The lowest BCUT2D eigenvalue weighted by Crippen LogP contribution is -2.13. The molecule has 4 aromatic rings. The molecule has 0 atom stereocenters. The molecule has 0 spiro atoms. The zero-order valence-electron chi connectivity index (χ0n) is 15.8. The van der Waals surface area contributed by atoms with E-state index < -0.39 is 5.82 Å². The Kier molecular flexibility index (Phi) is 5.00. The van der Waals surface area contributed by atoms with Gasteiger partial charge in [-0.1, -0.05) is 6.07 Å². The summed E-state index contributed by atoms with van der Waals surface area (Å²) < 4.78 is 21.1. The predicted molar refractivity (Wildman–Crippen MR) is 103 cm³/mol. The van der Waals surface area contributed by atoms with Crippen molar-refractivity contribution in [1.82, 2.24) is 29.8 Å². The van der Waals surface area contributed by atoms with Crippen LogP contribution in [0.4, 0.5) is 10.1 Å². The van der Waals surface area contributed by atoms with Crippen molar-refractivity contribution in [3.63, 3.8) is 0 Å². The van der Waals surface area contributed by atoms with Crippen LogP contribution in [0.5, 0.6) is 0 Å². The SMILES string of the molecule is COCCn1nnc(-c2cc(NC(=O)c3cnn4ccccc34)c(C)cc2F)n1. The molecule has 0 aliphatic rings. The van der Waals surface area contributed by atoms with E-state index in [0.717, 1.165) is 0 Å². The highest BCUT2D eigenvalue weighted by Gasteiger charge is 2.18. The molecule has 0 bridgehead atoms. The molecule has 0 saturated carbocycles. The fourth-order valence-corrected chi connectivity index (χ4v) is 2.90. The van der Waals surface area contributed by atoms with Crippen LogP contribution in [0.15, 0.2) is 42.7 Å². The van der Waals surface area contributed by atoms with Gasteiger partial charge in [-0.15, -0.1) is 10.2 Å². The number of tetrazole rings is 1. The number of ether oxygens (including phenoxy) is 1. The largest absolute Gasteiger partial charge is 0.383 e. The van der Waals surface area contributed by atoms with Gasteiger partial charge in [0.1, 0.15) is 5.82 Å². The van der Waals surface area contributed by atoms with E-state index in [0.29, 0.717) is 35.5 Å². The molecule has 0 radical (unpaired) electrons. The van der Waals surface area contributed by atoms with Crippen molar-refractivity contribution in [2.45, 2.75) is 13.5 Å². The number of fused-ring (bicyclic) bond motifs is 1. The van der Waals surface area contributed by atoms with Gasteiger partial charge >= 0.3 is 0 Å². The van der Waals surface area contributed by atoms with Crippen LogP contribution in [0.2, 0.25) is 0 Å². The summed E-state index contributed by atoms with van der Waals surface area (Å²) in [6.45, 7) is 2.52. The molecule has 0 saturated heterocycles. The van der Waals surface area contributed by atoms with Gasteiger partial charge in [-0.2, -0.15) is 9.90 Å². The summed E-state index contributed by atoms with van der Waals surface area (Å²) in [5.41, 5.74) is 2.26. The fourth-order valence-electron chi connectivity index (χ4n) is 2.90. The summed E-state index contributed by atoms with van der Waals surface area (Å²) in [6.07, 6.45) is 3.25. The van der Waals surface area contributed by atoms with Gasteiger partial charge in [-0.25, -0.2) is 8.91 Å². The number of amides is 1. The van der Waals surface area contributed by atoms with Crippen molar-refractivity contribution in [2.24, 2.45) is 0 Å². The third kappa shape index (κ3) is 3.69. The quantitative estimate of drug-likeness (QED) is 0.538. The highest BCUT2D eigenvalue weighted by Crippen LogP contribution is 2.27. The molecule has 29 heavy (non-hydrogen) atoms. The Hall–Kier alpha value is -3.66. The Balaban J connectivity index is 1.63. The van der Waals surface area contributed by atoms with E-state index >= 15 is 0 Å². The van der Waals surface area contributed by atoms with Crippen molar-refractivity contribution >= 4 is 17.1 Å². The van der Waals surface area contributed by atoms with Crippen LogP contribution < -0.4 is 5.32 Å². The molecular weight excluding hydrogens is 377 g/mol. The number of pyridine rings is 1. The molecule has 1 amide bonds. The first-order valence-corrected chi connectivity index (χ1v) is 8.88. The number of aromatic nitrogens is 6. The first kappa shape index (κ1) is 18.7. The first-order valence-electron chi connectivity index (χ1n) is 8.88. The fraction of sp³-hybridized carbons (Fsp3) is 0.211. The molecule has 1 N–H and O–H groups in total. The summed E-state index contributed by atoms with van der Waals surface area (Å²) >= 11 is 0. The Morgan fingerprint density at radius 2 is 2.17 bits per heavy atom. The van der Waals surface area contributed by atoms with Crippen LogP contribution in [0.3, 0.4) is 0 Å². The van der Waals surface area contributed by atoms with Gasteiger partial charge < -0.3 is 10.1 Å². The average Bonchev–Trinajstić information content (AvgIpc) is 3.35. The van der Waals surface area contributed by atoms with Crippen LogP contribution in [-0.2, 0) is 11.3 Å². The summed E-state index contributed by atoms with van der Waals surface area (Å²) in [6, 6.07) is 8.29. The summed E-state index contributed by atoms with van der Waals surface area (Å²) in [5, 5.41) is 18.9. The molecule has 9 nitrogen and oxygen atoms in total. The molecule has 10 heteroatoms. The Labute approximate surface area is 165 Å². The molecule has 148 valence electrons. The molecule has 0 aliphatic carbocycles. The zero-order valence-corrected chi connectivity index (χ0v) is 15.8. The third-order valence-corrected chi connectivity index (χ3v) is 4.42. The van der Waals surface area contributed by atoms with Gasteiger partial charge in [-0.3, -0.25) is 4.79 Å². The zero-order chi connectivity index (χ0) is 20.4. The predicted octanol–water partition coefficient (Wildman–Crippen LogP) is 2.33. The number of carbonyl (C=O) groups is 1. The maximum absolute atomic E-state index is 14.5. The van der Waals surface area contributed by atoms with Crippen LogP contribution in [0.25, 0.3) is 16.9 Å². The van der Waals surface area contributed by atoms with Crippen molar-refractivity contribution < 1.29 is 13.9 Å². The second-order valence-corrected chi connectivity index (χ2v) is 6.39. The highest BCUT2D eigenvalue weighted by atomic mass is 19.1. The lowest BCUT2D eigenvalue weighted by Gasteiger charge is -2.10. The lowest BCUT2D eigenvalue weighted by atomic mass is 10.1. The smallest absolute Gasteiger partial charge is 0.259 e. The first-order chi connectivity index (χ1) is 14.1. The number of anilines is 1. The Morgan fingerprint density at radius 1 is 1.31 bits per heavy atom. The van der Waals surface area contributed by atoms with Gasteiger partial charge in [0.05, 0.1) is 36.0 Å². The minimum atomic E-state index is -0.497. The van der Waals surface area contributed by atoms with E-state index in [-0.39, 0.29) is 17.3 Å². The van der Waals surface area contributed by atoms with E-state index in [4.69, 9.17) is 4.74 Å². The number of rotatable bonds is 6. The number of carbonyl (C=O) groups excluding carboxylic acids is 1. The maximum Gasteiger partial charge on any atom is 0.259 e. The summed E-state index contributed by atoms with van der Waals surface area (Å²) in [4.78, 5) is 14.1. The Morgan fingerprint density at radius 3 is 3.00 bits per heavy atom. The van der Waals surface area contributed by atoms with Gasteiger partial charge in [0.2, 0.25) is 5.82 Å². The molecule has 3 aromatic heterocycles. The van der Waals surface area contributed by atoms with Crippen molar-refractivity contribution in [2.75, 3.05) is 19.0 Å². The monoisotopic (exact) mass is 395 g/mol. The van der Waals surface area contributed by atoms with Crippen LogP contribution >= 0.6 is 0 Å². The van der Waals surface area contributed by atoms with E-state index in [2.05, 4.69) is 25.8 Å². The van der Waals surface area contributed by atoms with Gasteiger partial charge in [0.15, 0.2) is 0 Å². The van der Waals surface area contributed by atoms with E-state index in [1.807, 2.05) is 12.1 Å². The minimum Gasteiger partial charge on any atom is -0.383 e. The standard InChI is InChI=1S/C19H18FN7O2/c1-12-9-15(20)13(18-23-25-27(24-18)7-8-29-2)10-16(12)22-19(28)14-11-21-26-6-4-3-5-17(14)26/h3-6,9-11H,7-8H2,1-2H3,(H,22,28). The number of nitrogens with zero attached hydrogens (tertiary/aromatic N) is 6. The minimum absolute atomic E-state index is 0.130. The third-order valence-electron chi connectivity index (χ3n) is 4.42. The van der Waals surface area contributed by atoms with Crippen LogP contribution in [-0.4, -0.2) is 49.4 Å². The topological polar surface area (TPSA) is 99.2 Å². The average molecular weight is 395 g/mol. The number of nitrogens with one attached hydrogen (secondary N) is 1. The van der Waals surface area contributed by atoms with Crippen LogP contribution in [0.1, 0.15) is 15.9 Å². The van der Waals surface area contributed by atoms with Crippen LogP contribution in [0, 0.1) is 12.7 Å². The van der Waals surface area contributed by atoms with Gasteiger partial charge in [0.25, 0.3) is 5.91 Å². The molecule has 0 fully saturated rings. The maximum atomic E-state index is 14.5. The second kappa shape index (κ2) is 7.76. The van der Waals surface area contributed by atoms with Crippen molar-refractivity contribution in [1.29, 1.82) is 0 Å². The second-order valence-electron chi connectivity index (χ2n) is 6.39. The summed E-state index contributed by atoms with van der Waals surface area (Å²) in [7, 11) is 1.57. The molecule has 1 aromatic carbocycles. The number of hydrogen-bond acceptors (Lipinski definition) is 6. The van der Waals surface area contributed by atoms with E-state index in [1.54, 1.807) is 30.8 Å². The molecule has 0 aliphatic heterocycles. The number of methoxy groups -OCH3 is 1. The molecule has 0 unspecified atom stereocenters. The van der Waals surface area contributed by atoms with Crippen molar-refractivity contribution in [3.05, 3.63) is 59.7 Å². The Bertz CT molecular complexity index is 1180. The van der Waals surface area contributed by atoms with E-state index in [1.165, 1.54) is 23.1 Å². The highest BCUT2D eigenvalue weighted by molar-refractivity contribution is 6.09. The number of halogens is 1. The summed E-state index contributed by atoms with van der Waals surface area (Å²) in [5.74, 6) is -0.712. The lowest BCUT2D eigenvalue weighted by molar-refractivity contribution is 0.102. The number of hydrogen-bond donors (Lipinski definition) is 1. The normalized spacial score (nSPS) is 11.1. The molecule has 3 heterocycles. The number of aryl methyl sites for hydroxylation is 1. The number of benzene rings is 1. The molecule has 4 rings (SSSR count). The van der Waals surface area contributed by atoms with E-state index in [9.17, 15) is 9.18 Å². The van der Waals surface area contributed by atoms with Gasteiger partial charge in [-0.05, 0) is 42.0 Å². The van der Waals surface area contributed by atoms with Gasteiger partial charge in [0, 0.05) is 19.0 Å². The molecular formula is C19H18FN7O2.